The molecule has 20 heavy (non-hydrogen) atoms. The lowest BCUT2D eigenvalue weighted by Crippen LogP contribution is -2.21. The summed E-state index contributed by atoms with van der Waals surface area (Å²) in [5.74, 6) is -0.268. The summed E-state index contributed by atoms with van der Waals surface area (Å²) in [4.78, 5) is 1.98. The van der Waals surface area contributed by atoms with E-state index < -0.39 is 0 Å². The summed E-state index contributed by atoms with van der Waals surface area (Å²) in [5.41, 5.74) is 8.30. The van der Waals surface area contributed by atoms with Gasteiger partial charge in [0.05, 0.1) is 0 Å². The van der Waals surface area contributed by atoms with Crippen LogP contribution in [0.15, 0.2) is 42.5 Å². The van der Waals surface area contributed by atoms with Gasteiger partial charge >= 0.3 is 0 Å². The van der Waals surface area contributed by atoms with Gasteiger partial charge in [-0.3, -0.25) is 0 Å². The van der Waals surface area contributed by atoms with Gasteiger partial charge in [-0.1, -0.05) is 29.8 Å². The van der Waals surface area contributed by atoms with Gasteiger partial charge in [0.25, 0.3) is 0 Å². The molecule has 106 valence electrons. The van der Waals surface area contributed by atoms with Crippen LogP contribution in [-0.2, 0) is 6.54 Å². The molecule has 0 aliphatic heterocycles. The second-order valence-electron chi connectivity index (χ2n) is 4.95. The zero-order valence-electron chi connectivity index (χ0n) is 11.6. The summed E-state index contributed by atoms with van der Waals surface area (Å²) in [7, 11) is 1.92. The van der Waals surface area contributed by atoms with E-state index in [0.717, 1.165) is 11.3 Å². The Balaban J connectivity index is 2.30. The van der Waals surface area contributed by atoms with E-state index in [1.165, 1.54) is 6.07 Å². The van der Waals surface area contributed by atoms with E-state index in [0.29, 0.717) is 17.1 Å². The van der Waals surface area contributed by atoms with Crippen molar-refractivity contribution in [1.82, 2.24) is 0 Å². The van der Waals surface area contributed by atoms with Gasteiger partial charge in [-0.2, -0.15) is 0 Å². The summed E-state index contributed by atoms with van der Waals surface area (Å²) in [6, 6.07) is 12.3. The number of hydrogen-bond acceptors (Lipinski definition) is 2. The quantitative estimate of drug-likeness (QED) is 0.918. The highest BCUT2D eigenvalue weighted by atomic mass is 35.5. The molecule has 2 rings (SSSR count). The lowest BCUT2D eigenvalue weighted by Gasteiger charge is -2.24. The maximum absolute atomic E-state index is 13.9. The van der Waals surface area contributed by atoms with E-state index >= 15 is 0 Å². The molecule has 0 heterocycles. The molecule has 2 N–H and O–H groups in total. The van der Waals surface area contributed by atoms with Crippen LogP contribution < -0.4 is 10.6 Å². The zero-order valence-corrected chi connectivity index (χ0v) is 12.4. The fourth-order valence-corrected chi connectivity index (χ4v) is 2.52. The van der Waals surface area contributed by atoms with E-state index in [4.69, 9.17) is 17.3 Å². The minimum Gasteiger partial charge on any atom is -0.370 e. The molecule has 1 atom stereocenters. The Bertz CT molecular complexity index is 599. The summed E-state index contributed by atoms with van der Waals surface area (Å²) >= 11 is 5.98. The van der Waals surface area contributed by atoms with Gasteiger partial charge in [-0.15, -0.1) is 0 Å². The molecule has 2 nitrogen and oxygen atoms in total. The monoisotopic (exact) mass is 292 g/mol. The molecule has 0 aromatic heterocycles. The molecule has 4 heteroatoms. The Morgan fingerprint density at radius 3 is 2.60 bits per heavy atom. The van der Waals surface area contributed by atoms with Crippen molar-refractivity contribution in [2.24, 2.45) is 5.73 Å². The molecule has 0 spiro atoms. The first-order valence-electron chi connectivity index (χ1n) is 6.48. The number of rotatable bonds is 4. The van der Waals surface area contributed by atoms with E-state index in [9.17, 15) is 4.39 Å². The molecule has 0 aliphatic rings. The van der Waals surface area contributed by atoms with Gasteiger partial charge in [0.1, 0.15) is 5.82 Å². The summed E-state index contributed by atoms with van der Waals surface area (Å²) in [6.45, 7) is 2.43. The first-order valence-corrected chi connectivity index (χ1v) is 6.86. The zero-order chi connectivity index (χ0) is 14.7. The second kappa shape index (κ2) is 6.25. The van der Waals surface area contributed by atoms with Gasteiger partial charge in [0, 0.05) is 35.9 Å². The summed E-state index contributed by atoms with van der Waals surface area (Å²) in [5, 5.41) is 0.697. The number of halogens is 2. The molecule has 0 aliphatic carbocycles. The van der Waals surface area contributed by atoms with Crippen molar-refractivity contribution in [2.75, 3.05) is 11.9 Å². The van der Waals surface area contributed by atoms with Gasteiger partial charge in [0.2, 0.25) is 0 Å². The molecule has 1 unspecified atom stereocenters. The molecule has 0 radical (unpaired) electrons. The predicted octanol–water partition coefficient (Wildman–Crippen LogP) is 4.14. The largest absolute Gasteiger partial charge is 0.370 e. The van der Waals surface area contributed by atoms with Gasteiger partial charge in [0.15, 0.2) is 0 Å². The Labute approximate surface area is 124 Å². The van der Waals surface area contributed by atoms with E-state index in [2.05, 4.69) is 0 Å². The topological polar surface area (TPSA) is 29.3 Å². The van der Waals surface area contributed by atoms with Crippen LogP contribution in [0.1, 0.15) is 24.1 Å². The third kappa shape index (κ3) is 3.30. The lowest BCUT2D eigenvalue weighted by molar-refractivity contribution is 0.592. The molecule has 0 amide bonds. The smallest absolute Gasteiger partial charge is 0.130 e. The first-order chi connectivity index (χ1) is 9.49. The van der Waals surface area contributed by atoms with E-state index in [-0.39, 0.29) is 11.9 Å². The predicted molar refractivity (Wildman–Crippen MR) is 82.6 cm³/mol. The maximum Gasteiger partial charge on any atom is 0.130 e. The summed E-state index contributed by atoms with van der Waals surface area (Å²) < 4.78 is 13.9. The fourth-order valence-electron chi connectivity index (χ4n) is 2.30. The van der Waals surface area contributed by atoms with Crippen LogP contribution in [0, 0.1) is 5.82 Å². The molecule has 0 bridgehead atoms. The Hall–Kier alpha value is -1.58. The fraction of sp³-hybridized carbons (Fsp3) is 0.250. The number of benzene rings is 2. The molecule has 2 aromatic rings. The number of hydrogen-bond donors (Lipinski definition) is 1. The number of nitrogens with zero attached hydrogens (tertiary/aromatic N) is 1. The standard InChI is InChI=1S/C16H18ClFN2/c1-11(19)16-14(18)7-4-8-15(16)20(2)10-12-5-3-6-13(17)9-12/h3-9,11H,10,19H2,1-2H3. The molecule has 0 saturated heterocycles. The van der Waals surface area contributed by atoms with Crippen LogP contribution >= 0.6 is 11.6 Å². The van der Waals surface area contributed by atoms with Crippen molar-refractivity contribution in [1.29, 1.82) is 0 Å². The molecular formula is C16H18ClFN2. The normalized spacial score (nSPS) is 12.2. The van der Waals surface area contributed by atoms with Crippen molar-refractivity contribution in [3.05, 3.63) is 64.4 Å². The average Bonchev–Trinajstić information content (AvgIpc) is 2.37. The molecule has 0 saturated carbocycles. The van der Waals surface area contributed by atoms with Crippen molar-refractivity contribution >= 4 is 17.3 Å². The highest BCUT2D eigenvalue weighted by Gasteiger charge is 2.15. The van der Waals surface area contributed by atoms with Crippen LogP contribution in [-0.4, -0.2) is 7.05 Å². The minimum absolute atomic E-state index is 0.268. The van der Waals surface area contributed by atoms with Crippen molar-refractivity contribution in [3.8, 4) is 0 Å². The Kier molecular flexibility index (Phi) is 4.63. The third-order valence-electron chi connectivity index (χ3n) is 3.21. The van der Waals surface area contributed by atoms with Crippen molar-refractivity contribution in [2.45, 2.75) is 19.5 Å². The van der Waals surface area contributed by atoms with Gasteiger partial charge < -0.3 is 10.6 Å². The number of nitrogens with two attached hydrogens (primary N) is 1. The maximum atomic E-state index is 13.9. The van der Waals surface area contributed by atoms with Crippen LogP contribution in [0.3, 0.4) is 0 Å². The van der Waals surface area contributed by atoms with Gasteiger partial charge in [-0.25, -0.2) is 4.39 Å². The average molecular weight is 293 g/mol. The highest BCUT2D eigenvalue weighted by molar-refractivity contribution is 6.30. The Morgan fingerprint density at radius 1 is 1.25 bits per heavy atom. The summed E-state index contributed by atoms with van der Waals surface area (Å²) in [6.07, 6.45) is 0. The van der Waals surface area contributed by atoms with Crippen LogP contribution in [0.2, 0.25) is 5.02 Å². The third-order valence-corrected chi connectivity index (χ3v) is 3.44. The first kappa shape index (κ1) is 14.8. The van der Waals surface area contributed by atoms with Crippen LogP contribution in [0.4, 0.5) is 10.1 Å². The second-order valence-corrected chi connectivity index (χ2v) is 5.38. The highest BCUT2D eigenvalue weighted by Crippen LogP contribution is 2.28. The Morgan fingerprint density at radius 2 is 1.95 bits per heavy atom. The number of anilines is 1. The van der Waals surface area contributed by atoms with Crippen LogP contribution in [0.25, 0.3) is 0 Å². The van der Waals surface area contributed by atoms with E-state index in [1.807, 2.05) is 42.3 Å². The SMILES string of the molecule is CC(N)c1c(F)cccc1N(C)Cc1cccc(Cl)c1. The lowest BCUT2D eigenvalue weighted by atomic mass is 10.0. The molecular weight excluding hydrogens is 275 g/mol. The van der Waals surface area contributed by atoms with Crippen molar-refractivity contribution in [3.63, 3.8) is 0 Å². The van der Waals surface area contributed by atoms with Gasteiger partial charge in [-0.05, 0) is 36.8 Å². The van der Waals surface area contributed by atoms with Crippen LogP contribution in [0.5, 0.6) is 0 Å². The molecule has 2 aromatic carbocycles. The minimum atomic E-state index is -0.354. The van der Waals surface area contributed by atoms with E-state index in [1.54, 1.807) is 13.0 Å². The van der Waals surface area contributed by atoms with Crippen molar-refractivity contribution < 1.29 is 4.39 Å². The molecule has 0 fully saturated rings.